The molecule has 2 heterocycles. The molecule has 0 saturated heterocycles. The van der Waals surface area contributed by atoms with Gasteiger partial charge in [0.15, 0.2) is 5.13 Å². The Labute approximate surface area is 175 Å². The largest absolute Gasteiger partial charge is 0.472 e. The third-order valence-corrected chi connectivity index (χ3v) is 4.54. The number of aryl methyl sites for hydroxylation is 1. The molecule has 0 aliphatic carbocycles. The van der Waals surface area contributed by atoms with E-state index >= 15 is 0 Å². The Balaban J connectivity index is 1.89. The first-order valence-corrected chi connectivity index (χ1v) is 9.75. The second-order valence-corrected chi connectivity index (χ2v) is 7.23. The van der Waals surface area contributed by atoms with Gasteiger partial charge in [-0.25, -0.2) is 13.8 Å². The number of carbonyl (C=O) groups excluding carboxylic acids is 1. The lowest BCUT2D eigenvalue weighted by molar-refractivity contribution is 0.0882. The molecule has 1 amide bonds. The van der Waals surface area contributed by atoms with Gasteiger partial charge in [0.25, 0.3) is 5.91 Å². The number of nitrogens with zero attached hydrogens (tertiary/aromatic N) is 2. The standard InChI is InChI=1S/C20H19F2N3O4S/c1-11-10-30-20(23-11)25-19(26)13-4-17(28-12(2)9-27-3)24-18(5-13)29-16-7-14(21)6-15(22)8-16/h4-8,10,12H,9H2,1-3H3,(H,23,25,26)/t12-/m1/s1. The quantitative estimate of drug-likeness (QED) is 0.558. The fourth-order valence-electron chi connectivity index (χ4n) is 2.49. The highest BCUT2D eigenvalue weighted by atomic mass is 32.1. The van der Waals surface area contributed by atoms with Gasteiger partial charge in [-0.2, -0.15) is 4.98 Å². The van der Waals surface area contributed by atoms with E-state index in [0.717, 1.165) is 23.9 Å². The van der Waals surface area contributed by atoms with E-state index in [1.807, 2.05) is 6.92 Å². The second kappa shape index (κ2) is 9.59. The maximum absolute atomic E-state index is 13.5. The molecule has 7 nitrogen and oxygen atoms in total. The minimum absolute atomic E-state index is 0.0670. The first-order chi connectivity index (χ1) is 14.3. The Morgan fingerprint density at radius 1 is 1.13 bits per heavy atom. The number of pyridine rings is 1. The molecule has 3 rings (SSSR count). The topological polar surface area (TPSA) is 82.6 Å². The molecule has 0 aliphatic rings. The van der Waals surface area contributed by atoms with Crippen LogP contribution in [-0.4, -0.2) is 35.7 Å². The molecule has 10 heteroatoms. The molecule has 0 spiro atoms. The molecule has 2 aromatic heterocycles. The number of methoxy groups -OCH3 is 1. The zero-order valence-corrected chi connectivity index (χ0v) is 17.3. The molecule has 3 aromatic rings. The van der Waals surface area contributed by atoms with E-state index in [2.05, 4.69) is 15.3 Å². The number of benzene rings is 1. The zero-order valence-electron chi connectivity index (χ0n) is 16.4. The fourth-order valence-corrected chi connectivity index (χ4v) is 3.17. The molecule has 0 bridgehead atoms. The maximum atomic E-state index is 13.5. The third-order valence-electron chi connectivity index (χ3n) is 3.66. The summed E-state index contributed by atoms with van der Waals surface area (Å²) >= 11 is 1.28. The van der Waals surface area contributed by atoms with Crippen LogP contribution in [0.5, 0.6) is 17.5 Å². The van der Waals surface area contributed by atoms with Gasteiger partial charge in [0, 0.05) is 42.8 Å². The lowest BCUT2D eigenvalue weighted by Gasteiger charge is -2.15. The second-order valence-electron chi connectivity index (χ2n) is 6.37. The summed E-state index contributed by atoms with van der Waals surface area (Å²) < 4.78 is 43.1. The summed E-state index contributed by atoms with van der Waals surface area (Å²) in [5, 5.41) is 4.91. The summed E-state index contributed by atoms with van der Waals surface area (Å²) in [5.74, 6) is -2.15. The molecule has 0 saturated carbocycles. The van der Waals surface area contributed by atoms with Gasteiger partial charge in [0.2, 0.25) is 11.8 Å². The predicted molar refractivity (Wildman–Crippen MR) is 107 cm³/mol. The highest BCUT2D eigenvalue weighted by molar-refractivity contribution is 7.13. The van der Waals surface area contributed by atoms with Crippen molar-refractivity contribution < 1.29 is 27.8 Å². The maximum Gasteiger partial charge on any atom is 0.257 e. The van der Waals surface area contributed by atoms with Gasteiger partial charge in [-0.05, 0) is 13.8 Å². The number of aromatic nitrogens is 2. The molecule has 1 N–H and O–H groups in total. The summed E-state index contributed by atoms with van der Waals surface area (Å²) in [7, 11) is 1.53. The van der Waals surface area contributed by atoms with Gasteiger partial charge >= 0.3 is 0 Å². The highest BCUT2D eigenvalue weighted by Gasteiger charge is 2.16. The number of halogens is 2. The Morgan fingerprint density at radius 2 is 1.83 bits per heavy atom. The van der Waals surface area contributed by atoms with Crippen molar-refractivity contribution >= 4 is 22.4 Å². The lowest BCUT2D eigenvalue weighted by atomic mass is 10.2. The molecule has 1 atom stereocenters. The average molecular weight is 435 g/mol. The zero-order chi connectivity index (χ0) is 21.7. The number of ether oxygens (including phenoxy) is 3. The molecule has 0 radical (unpaired) electrons. The normalized spacial score (nSPS) is 11.8. The number of thiazole rings is 1. The Hall–Kier alpha value is -3.11. The van der Waals surface area contributed by atoms with Crippen molar-refractivity contribution in [2.24, 2.45) is 0 Å². The number of anilines is 1. The van der Waals surface area contributed by atoms with Crippen LogP contribution in [0.25, 0.3) is 0 Å². The summed E-state index contributed by atoms with van der Waals surface area (Å²) in [6.07, 6.45) is -0.359. The number of nitrogens with one attached hydrogen (secondary N) is 1. The van der Waals surface area contributed by atoms with Crippen molar-refractivity contribution in [3.05, 3.63) is 58.6 Å². The van der Waals surface area contributed by atoms with Crippen molar-refractivity contribution in [1.29, 1.82) is 0 Å². The van der Waals surface area contributed by atoms with Crippen molar-refractivity contribution in [3.8, 4) is 17.5 Å². The van der Waals surface area contributed by atoms with Crippen LogP contribution in [-0.2, 0) is 4.74 Å². The van der Waals surface area contributed by atoms with Crippen molar-refractivity contribution in [3.63, 3.8) is 0 Å². The van der Waals surface area contributed by atoms with Crippen molar-refractivity contribution in [1.82, 2.24) is 9.97 Å². The number of amides is 1. The number of hydrogen-bond acceptors (Lipinski definition) is 7. The molecule has 0 unspecified atom stereocenters. The van der Waals surface area contributed by atoms with Gasteiger partial charge in [-0.3, -0.25) is 10.1 Å². The van der Waals surface area contributed by atoms with E-state index in [9.17, 15) is 13.6 Å². The fraction of sp³-hybridized carbons (Fsp3) is 0.250. The molecule has 158 valence electrons. The van der Waals surface area contributed by atoms with Crippen LogP contribution in [0.1, 0.15) is 23.0 Å². The number of rotatable bonds is 8. The molecule has 1 aromatic carbocycles. The van der Waals surface area contributed by atoms with E-state index < -0.39 is 17.5 Å². The van der Waals surface area contributed by atoms with E-state index in [4.69, 9.17) is 14.2 Å². The molecular weight excluding hydrogens is 416 g/mol. The predicted octanol–water partition coefficient (Wildman–Crippen LogP) is 4.58. The summed E-state index contributed by atoms with van der Waals surface area (Å²) in [5.41, 5.74) is 0.948. The summed E-state index contributed by atoms with van der Waals surface area (Å²) in [4.78, 5) is 21.0. The Kier molecular flexibility index (Phi) is 6.91. The van der Waals surface area contributed by atoms with E-state index in [-0.39, 0.29) is 29.2 Å². The summed E-state index contributed by atoms with van der Waals surface area (Å²) in [6.45, 7) is 3.87. The average Bonchev–Trinajstić information content (AvgIpc) is 3.05. The van der Waals surface area contributed by atoms with Crippen LogP contribution in [0.3, 0.4) is 0 Å². The van der Waals surface area contributed by atoms with Gasteiger partial charge < -0.3 is 14.2 Å². The van der Waals surface area contributed by atoms with E-state index in [1.165, 1.54) is 30.6 Å². The first-order valence-electron chi connectivity index (χ1n) is 8.87. The molecule has 0 aliphatic heterocycles. The van der Waals surface area contributed by atoms with Gasteiger partial charge in [0.1, 0.15) is 23.5 Å². The number of hydrogen-bond donors (Lipinski definition) is 1. The van der Waals surface area contributed by atoms with Gasteiger partial charge in [-0.1, -0.05) is 0 Å². The SMILES string of the molecule is COC[C@@H](C)Oc1cc(C(=O)Nc2nc(C)cs2)cc(Oc2cc(F)cc(F)c2)n1. The molecule has 30 heavy (non-hydrogen) atoms. The minimum Gasteiger partial charge on any atom is -0.472 e. The van der Waals surface area contributed by atoms with Crippen molar-refractivity contribution in [2.45, 2.75) is 20.0 Å². The van der Waals surface area contributed by atoms with Gasteiger partial charge in [-0.15, -0.1) is 11.3 Å². The smallest absolute Gasteiger partial charge is 0.257 e. The monoisotopic (exact) mass is 435 g/mol. The third kappa shape index (κ3) is 5.94. The van der Waals surface area contributed by atoms with Crippen LogP contribution >= 0.6 is 11.3 Å². The Bertz CT molecular complexity index is 1020. The minimum atomic E-state index is -0.803. The van der Waals surface area contributed by atoms with Crippen LogP contribution in [0.4, 0.5) is 13.9 Å². The summed E-state index contributed by atoms with van der Waals surface area (Å²) in [6, 6.07) is 5.50. The van der Waals surface area contributed by atoms with Crippen LogP contribution in [0.2, 0.25) is 0 Å². The molecular formula is C20H19F2N3O4S. The molecule has 0 fully saturated rings. The van der Waals surface area contributed by atoms with E-state index in [1.54, 1.807) is 12.3 Å². The lowest BCUT2D eigenvalue weighted by Crippen LogP contribution is -2.19. The van der Waals surface area contributed by atoms with Crippen LogP contribution < -0.4 is 14.8 Å². The van der Waals surface area contributed by atoms with E-state index in [0.29, 0.717) is 11.7 Å². The van der Waals surface area contributed by atoms with Crippen LogP contribution in [0, 0.1) is 18.6 Å². The van der Waals surface area contributed by atoms with Crippen LogP contribution in [0.15, 0.2) is 35.7 Å². The van der Waals surface area contributed by atoms with Crippen molar-refractivity contribution in [2.75, 3.05) is 19.0 Å². The Morgan fingerprint density at radius 3 is 2.47 bits per heavy atom. The van der Waals surface area contributed by atoms with Gasteiger partial charge in [0.05, 0.1) is 17.9 Å². The highest BCUT2D eigenvalue weighted by Crippen LogP contribution is 2.26. The first kappa shape index (κ1) is 21.6. The number of carbonyl (C=O) groups is 1.